The van der Waals surface area contributed by atoms with Gasteiger partial charge in [-0.1, -0.05) is 20.8 Å². The fraction of sp³-hybridized carbons (Fsp3) is 1.00. The molecule has 0 aliphatic rings. The molecule has 0 radical (unpaired) electrons. The molecule has 1 unspecified atom stereocenters. The zero-order chi connectivity index (χ0) is 9.78. The highest BCUT2D eigenvalue weighted by Crippen LogP contribution is 2.21. The fourth-order valence-electron chi connectivity index (χ4n) is 1.29. The van der Waals surface area contributed by atoms with E-state index >= 15 is 0 Å². The van der Waals surface area contributed by atoms with Gasteiger partial charge >= 0.3 is 0 Å². The van der Waals surface area contributed by atoms with Crippen LogP contribution in [-0.2, 0) is 0 Å². The van der Waals surface area contributed by atoms with E-state index in [0.717, 1.165) is 13.1 Å². The number of hydrogen-bond donors (Lipinski definition) is 1. The van der Waals surface area contributed by atoms with Crippen molar-refractivity contribution in [2.75, 3.05) is 20.1 Å². The quantitative estimate of drug-likeness (QED) is 0.684. The Labute approximate surface area is 76.6 Å². The molecule has 0 amide bonds. The molecule has 1 N–H and O–H groups in total. The Morgan fingerprint density at radius 2 is 1.92 bits per heavy atom. The summed E-state index contributed by atoms with van der Waals surface area (Å²) in [5.74, 6) is 0. The Hall–Kier alpha value is -0.0800. The molecule has 0 heterocycles. The van der Waals surface area contributed by atoms with Gasteiger partial charge in [0, 0.05) is 12.0 Å². The van der Waals surface area contributed by atoms with Crippen LogP contribution in [0.4, 0.5) is 0 Å². The van der Waals surface area contributed by atoms with Crippen LogP contribution in [0.1, 0.15) is 34.1 Å². The zero-order valence-corrected chi connectivity index (χ0v) is 9.09. The van der Waals surface area contributed by atoms with Gasteiger partial charge in [-0.05, 0) is 26.9 Å². The summed E-state index contributed by atoms with van der Waals surface area (Å²) in [4.78, 5) is 2.27. The maximum Gasteiger partial charge on any atom is 0.0575 e. The molecule has 0 aliphatic heterocycles. The largest absolute Gasteiger partial charge is 0.393 e. The monoisotopic (exact) mass is 173 g/mol. The Balaban J connectivity index is 3.88. The molecule has 0 spiro atoms. The summed E-state index contributed by atoms with van der Waals surface area (Å²) in [6.45, 7) is 10.3. The number of hydrogen-bond acceptors (Lipinski definition) is 2. The first-order chi connectivity index (χ1) is 5.40. The van der Waals surface area contributed by atoms with Crippen LogP contribution >= 0.6 is 0 Å². The van der Waals surface area contributed by atoms with E-state index in [9.17, 15) is 5.11 Å². The van der Waals surface area contributed by atoms with Gasteiger partial charge in [-0.2, -0.15) is 0 Å². The summed E-state index contributed by atoms with van der Waals surface area (Å²) in [7, 11) is 2.10. The van der Waals surface area contributed by atoms with Gasteiger partial charge < -0.3 is 10.0 Å². The van der Waals surface area contributed by atoms with Crippen molar-refractivity contribution >= 4 is 0 Å². The van der Waals surface area contributed by atoms with E-state index in [1.165, 1.54) is 6.42 Å². The van der Waals surface area contributed by atoms with Crippen LogP contribution in [0.2, 0.25) is 0 Å². The van der Waals surface area contributed by atoms with Crippen LogP contribution in [0, 0.1) is 5.41 Å². The molecule has 0 aliphatic carbocycles. The summed E-state index contributed by atoms with van der Waals surface area (Å²) in [6.07, 6.45) is 0.934. The molecule has 0 bridgehead atoms. The van der Waals surface area contributed by atoms with Crippen molar-refractivity contribution in [3.05, 3.63) is 0 Å². The van der Waals surface area contributed by atoms with Gasteiger partial charge in [0.1, 0.15) is 0 Å². The normalized spacial score (nSPS) is 15.2. The minimum atomic E-state index is -0.239. The van der Waals surface area contributed by atoms with Gasteiger partial charge in [0.2, 0.25) is 0 Å². The molecule has 74 valence electrons. The van der Waals surface area contributed by atoms with E-state index in [4.69, 9.17) is 0 Å². The lowest BCUT2D eigenvalue weighted by Gasteiger charge is -2.32. The second kappa shape index (κ2) is 4.83. The zero-order valence-electron chi connectivity index (χ0n) is 9.09. The van der Waals surface area contributed by atoms with Crippen LogP contribution in [-0.4, -0.2) is 36.2 Å². The van der Waals surface area contributed by atoms with Crippen molar-refractivity contribution in [1.82, 2.24) is 4.90 Å². The SMILES string of the molecule is CCCN(C)CC(C)(C)C(C)O. The lowest BCUT2D eigenvalue weighted by atomic mass is 9.87. The van der Waals surface area contributed by atoms with Crippen LogP contribution < -0.4 is 0 Å². The fourth-order valence-corrected chi connectivity index (χ4v) is 1.29. The molecule has 0 rings (SSSR count). The van der Waals surface area contributed by atoms with Gasteiger partial charge in [0.05, 0.1) is 6.10 Å². The van der Waals surface area contributed by atoms with Crippen LogP contribution in [0.5, 0.6) is 0 Å². The van der Waals surface area contributed by atoms with Crippen LogP contribution in [0.15, 0.2) is 0 Å². The van der Waals surface area contributed by atoms with Crippen molar-refractivity contribution in [3.8, 4) is 0 Å². The molecule has 0 saturated carbocycles. The standard InChI is InChI=1S/C10H23NO/c1-6-7-11(5)8-10(3,4)9(2)12/h9,12H,6-8H2,1-5H3. The maximum atomic E-state index is 9.47. The number of nitrogens with zero attached hydrogens (tertiary/aromatic N) is 1. The first-order valence-corrected chi connectivity index (χ1v) is 4.76. The number of rotatable bonds is 5. The highest BCUT2D eigenvalue weighted by Gasteiger charge is 2.25. The van der Waals surface area contributed by atoms with Crippen molar-refractivity contribution in [3.63, 3.8) is 0 Å². The van der Waals surface area contributed by atoms with Gasteiger partial charge in [0.25, 0.3) is 0 Å². The molecule has 2 nitrogen and oxygen atoms in total. The Kier molecular flexibility index (Phi) is 4.80. The first-order valence-electron chi connectivity index (χ1n) is 4.76. The third-order valence-electron chi connectivity index (χ3n) is 2.41. The van der Waals surface area contributed by atoms with Crippen molar-refractivity contribution in [1.29, 1.82) is 0 Å². The number of aliphatic hydroxyl groups is 1. The Bertz CT molecular complexity index is 121. The topological polar surface area (TPSA) is 23.5 Å². The first kappa shape index (κ1) is 11.9. The minimum Gasteiger partial charge on any atom is -0.393 e. The smallest absolute Gasteiger partial charge is 0.0575 e. The summed E-state index contributed by atoms with van der Waals surface area (Å²) in [5.41, 5.74) is 0.00389. The van der Waals surface area contributed by atoms with Gasteiger partial charge in [-0.25, -0.2) is 0 Å². The minimum absolute atomic E-state index is 0.00389. The van der Waals surface area contributed by atoms with Crippen LogP contribution in [0.3, 0.4) is 0 Å². The molecule has 0 fully saturated rings. The van der Waals surface area contributed by atoms with Crippen molar-refractivity contribution < 1.29 is 5.11 Å². The highest BCUT2D eigenvalue weighted by molar-refractivity contribution is 4.77. The molecule has 0 aromatic rings. The predicted octanol–water partition coefficient (Wildman–Crippen LogP) is 1.74. The summed E-state index contributed by atoms with van der Waals surface area (Å²) >= 11 is 0. The maximum absolute atomic E-state index is 9.47. The second-order valence-electron chi connectivity index (χ2n) is 4.40. The molecule has 0 saturated heterocycles. The molecule has 1 atom stereocenters. The van der Waals surface area contributed by atoms with Crippen LogP contribution in [0.25, 0.3) is 0 Å². The average Bonchev–Trinajstić information content (AvgIpc) is 1.85. The van der Waals surface area contributed by atoms with Gasteiger partial charge in [-0.15, -0.1) is 0 Å². The molecule has 0 aromatic carbocycles. The molecule has 2 heteroatoms. The van der Waals surface area contributed by atoms with Gasteiger partial charge in [0.15, 0.2) is 0 Å². The Morgan fingerprint density at radius 3 is 2.25 bits per heavy atom. The van der Waals surface area contributed by atoms with E-state index in [2.05, 4.69) is 32.7 Å². The van der Waals surface area contributed by atoms with E-state index in [1.807, 2.05) is 6.92 Å². The molecular weight excluding hydrogens is 150 g/mol. The van der Waals surface area contributed by atoms with E-state index < -0.39 is 0 Å². The Morgan fingerprint density at radius 1 is 1.42 bits per heavy atom. The third-order valence-corrected chi connectivity index (χ3v) is 2.41. The third kappa shape index (κ3) is 4.07. The van der Waals surface area contributed by atoms with Crippen molar-refractivity contribution in [2.24, 2.45) is 5.41 Å². The van der Waals surface area contributed by atoms with E-state index in [-0.39, 0.29) is 11.5 Å². The lowest BCUT2D eigenvalue weighted by molar-refractivity contribution is 0.0409. The lowest BCUT2D eigenvalue weighted by Crippen LogP contribution is -2.38. The van der Waals surface area contributed by atoms with E-state index in [1.54, 1.807) is 0 Å². The summed E-state index contributed by atoms with van der Waals surface area (Å²) < 4.78 is 0. The molecule has 12 heavy (non-hydrogen) atoms. The summed E-state index contributed by atoms with van der Waals surface area (Å²) in [5, 5.41) is 9.47. The predicted molar refractivity (Wildman–Crippen MR) is 53.2 cm³/mol. The van der Waals surface area contributed by atoms with Crippen molar-refractivity contribution in [2.45, 2.75) is 40.2 Å². The summed E-state index contributed by atoms with van der Waals surface area (Å²) in [6, 6.07) is 0. The highest BCUT2D eigenvalue weighted by atomic mass is 16.3. The number of aliphatic hydroxyl groups excluding tert-OH is 1. The average molecular weight is 173 g/mol. The molecule has 0 aromatic heterocycles. The molecular formula is C10H23NO. The second-order valence-corrected chi connectivity index (χ2v) is 4.40. The van der Waals surface area contributed by atoms with Gasteiger partial charge in [-0.3, -0.25) is 0 Å². The van der Waals surface area contributed by atoms with E-state index in [0.29, 0.717) is 0 Å².